The summed E-state index contributed by atoms with van der Waals surface area (Å²) in [7, 11) is 0. The Morgan fingerprint density at radius 2 is 1.70 bits per heavy atom. The Morgan fingerprint density at radius 1 is 1.00 bits per heavy atom. The van der Waals surface area contributed by atoms with Gasteiger partial charge >= 0.3 is 0 Å². The van der Waals surface area contributed by atoms with E-state index in [-0.39, 0.29) is 29.7 Å². The number of hydrogen-bond donors (Lipinski definition) is 2. The number of anilines is 1. The molecule has 30 heavy (non-hydrogen) atoms. The highest BCUT2D eigenvalue weighted by molar-refractivity contribution is 8.00. The molecule has 1 heterocycles. The van der Waals surface area contributed by atoms with E-state index in [1.165, 1.54) is 11.8 Å². The Labute approximate surface area is 179 Å². The van der Waals surface area contributed by atoms with Gasteiger partial charge in [-0.25, -0.2) is 0 Å². The van der Waals surface area contributed by atoms with Gasteiger partial charge in [0.05, 0.1) is 11.7 Å². The van der Waals surface area contributed by atoms with Crippen LogP contribution in [-0.4, -0.2) is 18.4 Å². The van der Waals surface area contributed by atoms with E-state index in [1.54, 1.807) is 0 Å². The first-order valence-corrected chi connectivity index (χ1v) is 10.6. The third kappa shape index (κ3) is 4.66. The predicted molar refractivity (Wildman–Crippen MR) is 119 cm³/mol. The summed E-state index contributed by atoms with van der Waals surface area (Å²) in [5, 5.41) is 5.55. The van der Waals surface area contributed by atoms with Crippen LogP contribution in [0.4, 0.5) is 5.69 Å². The summed E-state index contributed by atoms with van der Waals surface area (Å²) >= 11 is 1.52. The van der Waals surface area contributed by atoms with Crippen LogP contribution < -0.4 is 15.4 Å². The molecule has 2 atom stereocenters. The van der Waals surface area contributed by atoms with Gasteiger partial charge in [0.1, 0.15) is 11.0 Å². The van der Waals surface area contributed by atoms with Crippen molar-refractivity contribution in [3.8, 4) is 5.75 Å². The van der Waals surface area contributed by atoms with Crippen LogP contribution in [0.3, 0.4) is 0 Å². The normalized spacial score (nSPS) is 14.6. The van der Waals surface area contributed by atoms with Gasteiger partial charge in [0.2, 0.25) is 5.91 Å². The van der Waals surface area contributed by atoms with Gasteiger partial charge in [0.15, 0.2) is 6.61 Å². The van der Waals surface area contributed by atoms with Crippen molar-refractivity contribution in [1.82, 2.24) is 5.32 Å². The third-order valence-electron chi connectivity index (χ3n) is 4.83. The molecular weight excluding hydrogens is 396 g/mol. The Balaban J connectivity index is 1.53. The average molecular weight is 419 g/mol. The summed E-state index contributed by atoms with van der Waals surface area (Å²) in [6, 6.07) is 25.0. The van der Waals surface area contributed by atoms with Crippen molar-refractivity contribution < 1.29 is 14.3 Å². The highest BCUT2D eigenvalue weighted by atomic mass is 32.2. The van der Waals surface area contributed by atoms with Crippen molar-refractivity contribution in [2.75, 3.05) is 11.9 Å². The van der Waals surface area contributed by atoms with Crippen molar-refractivity contribution in [3.63, 3.8) is 0 Å². The molecule has 2 unspecified atom stereocenters. The smallest absolute Gasteiger partial charge is 0.262 e. The molecule has 2 amide bonds. The van der Waals surface area contributed by atoms with Crippen LogP contribution in [0.2, 0.25) is 0 Å². The van der Waals surface area contributed by atoms with Gasteiger partial charge in [-0.15, -0.1) is 11.8 Å². The van der Waals surface area contributed by atoms with Crippen LogP contribution in [-0.2, 0) is 9.59 Å². The van der Waals surface area contributed by atoms with Crippen molar-refractivity contribution in [1.29, 1.82) is 0 Å². The number of amides is 2. The predicted octanol–water partition coefficient (Wildman–Crippen LogP) is 4.73. The first-order valence-electron chi connectivity index (χ1n) is 9.74. The molecular formula is C24H22N2O3S. The monoisotopic (exact) mass is 418 g/mol. The lowest BCUT2D eigenvalue weighted by atomic mass is 10.1. The van der Waals surface area contributed by atoms with Crippen LogP contribution in [0.5, 0.6) is 5.75 Å². The molecule has 5 nitrogen and oxygen atoms in total. The number of thioether (sulfide) groups is 1. The zero-order valence-electron chi connectivity index (χ0n) is 16.5. The standard InChI is InChI=1S/C24H22N2O3S/c1-16(18-12-13-21-20(14-18)26-22(27)15-29-21)25-24(28)23(17-8-4-2-5-9-17)30-19-10-6-3-7-11-19/h2-14,16,23H,15H2,1H3,(H,25,28)(H,26,27). The Hall–Kier alpha value is -3.25. The van der Waals surface area contributed by atoms with Crippen molar-refractivity contribution in [2.24, 2.45) is 0 Å². The van der Waals surface area contributed by atoms with Gasteiger partial charge in [-0.2, -0.15) is 0 Å². The van der Waals surface area contributed by atoms with Gasteiger partial charge in [0, 0.05) is 4.90 Å². The lowest BCUT2D eigenvalue weighted by molar-refractivity contribution is -0.121. The van der Waals surface area contributed by atoms with Gasteiger partial charge in [-0.05, 0) is 42.3 Å². The first-order chi connectivity index (χ1) is 14.6. The zero-order chi connectivity index (χ0) is 20.9. The number of nitrogens with one attached hydrogen (secondary N) is 2. The average Bonchev–Trinajstić information content (AvgIpc) is 2.78. The van der Waals surface area contributed by atoms with E-state index in [2.05, 4.69) is 10.6 Å². The van der Waals surface area contributed by atoms with Gasteiger partial charge in [0.25, 0.3) is 5.91 Å². The fourth-order valence-electron chi connectivity index (χ4n) is 3.28. The van der Waals surface area contributed by atoms with E-state index < -0.39 is 0 Å². The van der Waals surface area contributed by atoms with Crippen LogP contribution in [0.1, 0.15) is 29.3 Å². The molecule has 2 N–H and O–H groups in total. The molecule has 1 aliphatic rings. The van der Waals surface area contributed by atoms with Crippen LogP contribution in [0.25, 0.3) is 0 Å². The summed E-state index contributed by atoms with van der Waals surface area (Å²) in [6.07, 6.45) is 0. The van der Waals surface area contributed by atoms with Gasteiger partial charge < -0.3 is 15.4 Å². The van der Waals surface area contributed by atoms with E-state index in [1.807, 2.05) is 85.8 Å². The number of rotatable bonds is 6. The highest BCUT2D eigenvalue weighted by Gasteiger charge is 2.24. The molecule has 152 valence electrons. The zero-order valence-corrected chi connectivity index (χ0v) is 17.3. The quantitative estimate of drug-likeness (QED) is 0.568. The highest BCUT2D eigenvalue weighted by Crippen LogP contribution is 2.36. The molecule has 3 aromatic carbocycles. The second kappa shape index (κ2) is 9.05. The molecule has 1 aliphatic heterocycles. The number of carbonyl (C=O) groups is 2. The Kier molecular flexibility index (Phi) is 6.05. The maximum atomic E-state index is 13.2. The van der Waals surface area contributed by atoms with E-state index in [0.717, 1.165) is 16.0 Å². The fourth-order valence-corrected chi connectivity index (χ4v) is 4.33. The lowest BCUT2D eigenvalue weighted by Gasteiger charge is -2.23. The molecule has 3 aromatic rings. The molecule has 0 aliphatic carbocycles. The number of benzene rings is 3. The number of ether oxygens (including phenoxy) is 1. The van der Waals surface area contributed by atoms with E-state index in [0.29, 0.717) is 11.4 Å². The van der Waals surface area contributed by atoms with Crippen molar-refractivity contribution in [3.05, 3.63) is 90.0 Å². The Bertz CT molecular complexity index is 1040. The molecule has 0 fully saturated rings. The van der Waals surface area contributed by atoms with Gasteiger partial charge in [-0.1, -0.05) is 54.6 Å². The molecule has 0 spiro atoms. The summed E-state index contributed by atoms with van der Waals surface area (Å²) in [4.78, 5) is 25.9. The van der Waals surface area contributed by atoms with E-state index in [4.69, 9.17) is 4.74 Å². The molecule has 0 bridgehead atoms. The van der Waals surface area contributed by atoms with Gasteiger partial charge in [-0.3, -0.25) is 9.59 Å². The third-order valence-corrected chi connectivity index (χ3v) is 6.10. The maximum Gasteiger partial charge on any atom is 0.262 e. The molecule has 0 aromatic heterocycles. The summed E-state index contributed by atoms with van der Waals surface area (Å²) < 4.78 is 5.41. The number of hydrogen-bond acceptors (Lipinski definition) is 4. The van der Waals surface area contributed by atoms with Crippen molar-refractivity contribution >= 4 is 29.3 Å². The SMILES string of the molecule is CC(NC(=O)C(Sc1ccccc1)c1ccccc1)c1ccc2c(c1)NC(=O)CO2. The lowest BCUT2D eigenvalue weighted by Crippen LogP contribution is -2.31. The number of carbonyl (C=O) groups excluding carboxylic acids is 2. The largest absolute Gasteiger partial charge is 0.482 e. The van der Waals surface area contributed by atoms with E-state index >= 15 is 0 Å². The maximum absolute atomic E-state index is 13.2. The second-order valence-electron chi connectivity index (χ2n) is 7.04. The van der Waals surface area contributed by atoms with Crippen LogP contribution in [0.15, 0.2) is 83.8 Å². The Morgan fingerprint density at radius 3 is 2.43 bits per heavy atom. The fraction of sp³-hybridized carbons (Fsp3) is 0.167. The molecule has 0 saturated carbocycles. The van der Waals surface area contributed by atoms with E-state index in [9.17, 15) is 9.59 Å². The topological polar surface area (TPSA) is 67.4 Å². The van der Waals surface area contributed by atoms with Crippen LogP contribution in [0, 0.1) is 0 Å². The summed E-state index contributed by atoms with van der Waals surface area (Å²) in [6.45, 7) is 1.95. The number of fused-ring (bicyclic) bond motifs is 1. The molecule has 0 saturated heterocycles. The minimum atomic E-state index is -0.378. The minimum absolute atomic E-state index is 0.0219. The molecule has 0 radical (unpaired) electrons. The summed E-state index contributed by atoms with van der Waals surface area (Å²) in [5.41, 5.74) is 2.47. The van der Waals surface area contributed by atoms with Crippen molar-refractivity contribution in [2.45, 2.75) is 23.1 Å². The molecule has 6 heteroatoms. The second-order valence-corrected chi connectivity index (χ2v) is 8.22. The first kappa shape index (κ1) is 20.0. The summed E-state index contributed by atoms with van der Waals surface area (Å²) in [5.74, 6) is 0.388. The molecule has 4 rings (SSSR count). The van der Waals surface area contributed by atoms with Crippen LogP contribution >= 0.6 is 11.8 Å². The minimum Gasteiger partial charge on any atom is -0.482 e.